The van der Waals surface area contributed by atoms with Crippen LogP contribution in [0.1, 0.15) is 30.4 Å². The molecule has 0 aliphatic carbocycles. The molecular formula is C24H25ClN2O. The molecule has 3 aromatic rings. The molecular weight excluding hydrogens is 368 g/mol. The van der Waals surface area contributed by atoms with Gasteiger partial charge in [-0.2, -0.15) is 0 Å². The molecule has 0 aliphatic rings. The van der Waals surface area contributed by atoms with Crippen molar-refractivity contribution in [3.05, 3.63) is 101 Å². The van der Waals surface area contributed by atoms with Crippen molar-refractivity contribution in [2.24, 2.45) is 5.92 Å². The molecule has 4 heteroatoms. The summed E-state index contributed by atoms with van der Waals surface area (Å²) in [6, 6.07) is 20.7. The summed E-state index contributed by atoms with van der Waals surface area (Å²) in [5.41, 5.74) is 7.65. The number of nitrogens with one attached hydrogen (secondary N) is 1. The van der Waals surface area contributed by atoms with Gasteiger partial charge in [0.1, 0.15) is 0 Å². The van der Waals surface area contributed by atoms with Gasteiger partial charge < -0.3 is 0 Å². The summed E-state index contributed by atoms with van der Waals surface area (Å²) in [4.78, 5) is 4.08. The van der Waals surface area contributed by atoms with Crippen LogP contribution >= 0.6 is 11.6 Å². The molecule has 144 valence electrons. The van der Waals surface area contributed by atoms with Crippen molar-refractivity contribution in [2.45, 2.75) is 25.7 Å². The average molecular weight is 393 g/mol. The molecule has 2 atom stereocenters. The average Bonchev–Trinajstić information content (AvgIpc) is 2.74. The van der Waals surface area contributed by atoms with Crippen molar-refractivity contribution in [3.63, 3.8) is 0 Å². The number of aromatic nitrogens is 1. The molecule has 0 saturated heterocycles. The molecule has 1 aromatic heterocycles. The van der Waals surface area contributed by atoms with Gasteiger partial charge in [-0.15, -0.1) is 0 Å². The molecule has 1 heterocycles. The minimum atomic E-state index is 0.290. The molecule has 3 rings (SSSR count). The van der Waals surface area contributed by atoms with Gasteiger partial charge in [0.25, 0.3) is 0 Å². The summed E-state index contributed by atoms with van der Waals surface area (Å²) < 4.78 is 0. The van der Waals surface area contributed by atoms with Crippen LogP contribution in [0.5, 0.6) is 0 Å². The SMILES string of the molecule is C=C(CC(C)[C@H](Cc1ccc(Cl)cc1)c1ccc(-c2ccncc2)cc1)NO. The zero-order chi connectivity index (χ0) is 19.9. The van der Waals surface area contributed by atoms with Crippen molar-refractivity contribution in [3.8, 4) is 11.1 Å². The smallest absolute Gasteiger partial charge is 0.0406 e. The molecule has 0 saturated carbocycles. The topological polar surface area (TPSA) is 45.2 Å². The van der Waals surface area contributed by atoms with Gasteiger partial charge in [0, 0.05) is 23.1 Å². The second-order valence-corrected chi connectivity index (χ2v) is 7.63. The minimum Gasteiger partial charge on any atom is -0.291 e. The zero-order valence-corrected chi connectivity index (χ0v) is 16.7. The van der Waals surface area contributed by atoms with E-state index >= 15 is 0 Å². The summed E-state index contributed by atoms with van der Waals surface area (Å²) in [6.07, 6.45) is 5.21. The predicted molar refractivity (Wildman–Crippen MR) is 115 cm³/mol. The Bertz CT molecular complexity index is 892. The van der Waals surface area contributed by atoms with E-state index in [1.807, 2.05) is 36.7 Å². The lowest BCUT2D eigenvalue weighted by atomic mass is 9.80. The first-order valence-corrected chi connectivity index (χ1v) is 9.77. The lowest BCUT2D eigenvalue weighted by molar-refractivity contribution is 0.191. The van der Waals surface area contributed by atoms with Gasteiger partial charge in [-0.3, -0.25) is 15.7 Å². The Hall–Kier alpha value is -2.62. The van der Waals surface area contributed by atoms with Crippen molar-refractivity contribution in [2.75, 3.05) is 0 Å². The van der Waals surface area contributed by atoms with E-state index in [0.29, 0.717) is 18.0 Å². The molecule has 3 nitrogen and oxygen atoms in total. The van der Waals surface area contributed by atoms with Gasteiger partial charge in [0.05, 0.1) is 0 Å². The van der Waals surface area contributed by atoms with Gasteiger partial charge in [-0.25, -0.2) is 0 Å². The standard InChI is InChI=1S/C24H25ClN2O/c1-17(15-18(2)27-28)24(16-19-3-9-23(25)10-4-19)22-7-5-20(6-8-22)21-11-13-26-14-12-21/h3-14,17,24,27-28H,2,15-16H2,1H3/t17?,24-/m0/s1. The number of hydrogen-bond donors (Lipinski definition) is 2. The summed E-state index contributed by atoms with van der Waals surface area (Å²) in [5.74, 6) is 0.590. The number of rotatable bonds is 8. The van der Waals surface area contributed by atoms with Crippen molar-refractivity contribution in [1.29, 1.82) is 0 Å². The molecule has 0 radical (unpaired) electrons. The Kier molecular flexibility index (Phi) is 6.85. The second kappa shape index (κ2) is 9.54. The highest BCUT2D eigenvalue weighted by atomic mass is 35.5. The maximum atomic E-state index is 9.15. The van der Waals surface area contributed by atoms with Gasteiger partial charge in [0.2, 0.25) is 0 Å². The van der Waals surface area contributed by atoms with Crippen molar-refractivity contribution < 1.29 is 5.21 Å². The normalized spacial score (nSPS) is 13.0. The Balaban J connectivity index is 1.86. The van der Waals surface area contributed by atoms with Gasteiger partial charge >= 0.3 is 0 Å². The maximum Gasteiger partial charge on any atom is 0.0406 e. The Labute approximate surface area is 171 Å². The molecule has 28 heavy (non-hydrogen) atoms. The highest BCUT2D eigenvalue weighted by Crippen LogP contribution is 2.33. The number of nitrogens with zero attached hydrogens (tertiary/aromatic N) is 1. The monoisotopic (exact) mass is 392 g/mol. The summed E-state index contributed by atoms with van der Waals surface area (Å²) >= 11 is 6.04. The van der Waals surface area contributed by atoms with Crippen LogP contribution in [0, 0.1) is 5.92 Å². The van der Waals surface area contributed by atoms with Crippen LogP contribution in [0.25, 0.3) is 11.1 Å². The minimum absolute atomic E-state index is 0.290. The van der Waals surface area contributed by atoms with E-state index in [4.69, 9.17) is 16.8 Å². The molecule has 0 amide bonds. The quantitative estimate of drug-likeness (QED) is 0.445. The van der Waals surface area contributed by atoms with E-state index in [1.165, 1.54) is 16.7 Å². The number of halogens is 1. The Morgan fingerprint density at radius 3 is 2.21 bits per heavy atom. The summed E-state index contributed by atoms with van der Waals surface area (Å²) in [6.45, 7) is 6.07. The third-order valence-corrected chi connectivity index (χ3v) is 5.39. The second-order valence-electron chi connectivity index (χ2n) is 7.19. The maximum absolute atomic E-state index is 9.15. The van der Waals surface area contributed by atoms with Crippen molar-refractivity contribution >= 4 is 11.6 Å². The Morgan fingerprint density at radius 1 is 1.00 bits per heavy atom. The molecule has 0 aliphatic heterocycles. The molecule has 0 fully saturated rings. The number of allylic oxidation sites excluding steroid dienone is 1. The number of pyridine rings is 1. The fourth-order valence-corrected chi connectivity index (χ4v) is 3.69. The van der Waals surface area contributed by atoms with Crippen LogP contribution in [0.15, 0.2) is 85.3 Å². The first kappa shape index (κ1) is 20.1. The van der Waals surface area contributed by atoms with Crippen LogP contribution < -0.4 is 5.48 Å². The van der Waals surface area contributed by atoms with Crippen LogP contribution in [-0.2, 0) is 6.42 Å². The highest BCUT2D eigenvalue weighted by molar-refractivity contribution is 6.30. The van der Waals surface area contributed by atoms with Crippen molar-refractivity contribution in [1.82, 2.24) is 10.5 Å². The molecule has 0 spiro atoms. The van der Waals surface area contributed by atoms with Crippen LogP contribution in [-0.4, -0.2) is 10.2 Å². The van der Waals surface area contributed by atoms with E-state index in [-0.39, 0.29) is 5.92 Å². The molecule has 1 unspecified atom stereocenters. The molecule has 0 bridgehead atoms. The van der Waals surface area contributed by atoms with Gasteiger partial charge in [-0.05, 0) is 71.2 Å². The fourth-order valence-electron chi connectivity index (χ4n) is 3.57. The number of hydrogen-bond acceptors (Lipinski definition) is 3. The molecule has 2 N–H and O–H groups in total. The predicted octanol–water partition coefficient (Wildman–Crippen LogP) is 6.25. The summed E-state index contributed by atoms with van der Waals surface area (Å²) in [5, 5.41) is 9.89. The Morgan fingerprint density at radius 2 is 1.61 bits per heavy atom. The first-order chi connectivity index (χ1) is 13.6. The largest absolute Gasteiger partial charge is 0.291 e. The summed E-state index contributed by atoms with van der Waals surface area (Å²) in [7, 11) is 0. The zero-order valence-electron chi connectivity index (χ0n) is 16.0. The van der Waals surface area contributed by atoms with Gasteiger partial charge in [0.15, 0.2) is 0 Å². The van der Waals surface area contributed by atoms with Crippen LogP contribution in [0.3, 0.4) is 0 Å². The van der Waals surface area contributed by atoms with E-state index in [0.717, 1.165) is 17.0 Å². The fraction of sp³-hybridized carbons (Fsp3) is 0.208. The first-order valence-electron chi connectivity index (χ1n) is 9.39. The number of hydroxylamine groups is 1. The van der Waals surface area contributed by atoms with E-state index < -0.39 is 0 Å². The lowest BCUT2D eigenvalue weighted by Crippen LogP contribution is -2.17. The van der Waals surface area contributed by atoms with Crippen LogP contribution in [0.4, 0.5) is 0 Å². The van der Waals surface area contributed by atoms with E-state index in [9.17, 15) is 0 Å². The third kappa shape index (κ3) is 5.22. The van der Waals surface area contributed by atoms with Crippen LogP contribution in [0.2, 0.25) is 5.02 Å². The number of benzene rings is 2. The lowest BCUT2D eigenvalue weighted by Gasteiger charge is -2.25. The van der Waals surface area contributed by atoms with Gasteiger partial charge in [-0.1, -0.05) is 61.5 Å². The van der Waals surface area contributed by atoms with E-state index in [1.54, 1.807) is 0 Å². The highest BCUT2D eigenvalue weighted by Gasteiger charge is 2.21. The van der Waals surface area contributed by atoms with E-state index in [2.05, 4.69) is 60.4 Å². The third-order valence-electron chi connectivity index (χ3n) is 5.13. The molecule has 2 aromatic carbocycles.